The van der Waals surface area contributed by atoms with Crippen molar-refractivity contribution in [2.45, 2.75) is 26.4 Å². The average Bonchev–Trinajstić information content (AvgIpc) is 2.64. The van der Waals surface area contributed by atoms with E-state index in [1.807, 2.05) is 6.92 Å². The lowest BCUT2D eigenvalue weighted by Crippen LogP contribution is -2.41. The van der Waals surface area contributed by atoms with Gasteiger partial charge in [0.15, 0.2) is 0 Å². The maximum atomic E-state index is 13.1. The van der Waals surface area contributed by atoms with E-state index >= 15 is 0 Å². The molecule has 140 valence electrons. The number of halogens is 2. The molecule has 0 fully saturated rings. The minimum atomic E-state index is -0.555. The van der Waals surface area contributed by atoms with Crippen molar-refractivity contribution in [1.29, 1.82) is 0 Å². The summed E-state index contributed by atoms with van der Waals surface area (Å²) in [6.07, 6.45) is 0.602. The van der Waals surface area contributed by atoms with Crippen molar-refractivity contribution in [3.05, 3.63) is 74.1 Å². The van der Waals surface area contributed by atoms with Crippen molar-refractivity contribution in [3.63, 3.8) is 0 Å². The molecule has 1 N–H and O–H groups in total. The van der Waals surface area contributed by atoms with Gasteiger partial charge in [0.05, 0.1) is 21.6 Å². The van der Waals surface area contributed by atoms with Gasteiger partial charge < -0.3 is 5.32 Å². The van der Waals surface area contributed by atoms with Crippen molar-refractivity contribution in [2.75, 3.05) is 5.32 Å². The number of aromatic nitrogens is 2. The molecule has 1 heterocycles. The fraction of sp³-hybridized carbons (Fsp3) is 0.211. The third-order valence-electron chi connectivity index (χ3n) is 4.09. The summed E-state index contributed by atoms with van der Waals surface area (Å²) >= 11 is 5.92. The molecule has 8 heteroatoms. The first kappa shape index (κ1) is 18.8. The van der Waals surface area contributed by atoms with Gasteiger partial charge in [-0.05, 0) is 36.8 Å². The molecule has 27 heavy (non-hydrogen) atoms. The van der Waals surface area contributed by atoms with Crippen LogP contribution in [0.2, 0.25) is 5.02 Å². The van der Waals surface area contributed by atoms with Crippen LogP contribution in [0.15, 0.2) is 52.1 Å². The highest BCUT2D eigenvalue weighted by Crippen LogP contribution is 2.22. The second-order valence-electron chi connectivity index (χ2n) is 6.02. The number of rotatable bonds is 5. The monoisotopic (exact) mass is 389 g/mol. The quantitative estimate of drug-likeness (QED) is 0.729. The molecule has 0 saturated heterocycles. The zero-order chi connectivity index (χ0) is 19.6. The molecule has 6 nitrogen and oxygen atoms in total. The van der Waals surface area contributed by atoms with Crippen molar-refractivity contribution >= 4 is 34.1 Å². The Labute approximate surface area is 158 Å². The Morgan fingerprint density at radius 1 is 1.15 bits per heavy atom. The number of carbonyl (C=O) groups excluding carboxylic acids is 1. The van der Waals surface area contributed by atoms with Gasteiger partial charge in [-0.25, -0.2) is 9.18 Å². The van der Waals surface area contributed by atoms with Gasteiger partial charge in [-0.1, -0.05) is 30.7 Å². The van der Waals surface area contributed by atoms with E-state index in [9.17, 15) is 18.8 Å². The van der Waals surface area contributed by atoms with Crippen molar-refractivity contribution in [2.24, 2.45) is 0 Å². The van der Waals surface area contributed by atoms with Gasteiger partial charge in [0.25, 0.3) is 5.56 Å². The van der Waals surface area contributed by atoms with Gasteiger partial charge >= 0.3 is 5.69 Å². The topological polar surface area (TPSA) is 73.1 Å². The first-order valence-electron chi connectivity index (χ1n) is 8.39. The number of amides is 1. The van der Waals surface area contributed by atoms with Gasteiger partial charge in [0.1, 0.15) is 12.4 Å². The minimum absolute atomic E-state index is 0.0523. The van der Waals surface area contributed by atoms with Crippen LogP contribution in [0.4, 0.5) is 10.1 Å². The normalized spacial score (nSPS) is 10.9. The zero-order valence-corrected chi connectivity index (χ0v) is 15.3. The van der Waals surface area contributed by atoms with Crippen LogP contribution >= 0.6 is 11.6 Å². The number of nitrogens with zero attached hydrogens (tertiary/aromatic N) is 2. The van der Waals surface area contributed by atoms with Crippen LogP contribution in [0.1, 0.15) is 13.3 Å². The maximum Gasteiger partial charge on any atom is 0.331 e. The summed E-state index contributed by atoms with van der Waals surface area (Å²) in [6.45, 7) is 1.81. The van der Waals surface area contributed by atoms with Crippen molar-refractivity contribution < 1.29 is 9.18 Å². The highest BCUT2D eigenvalue weighted by molar-refractivity contribution is 6.33. The van der Waals surface area contributed by atoms with E-state index < -0.39 is 17.4 Å². The summed E-state index contributed by atoms with van der Waals surface area (Å²) in [7, 11) is 0. The summed E-state index contributed by atoms with van der Waals surface area (Å²) in [6, 6.07) is 10.2. The lowest BCUT2D eigenvalue weighted by molar-refractivity contribution is -0.116. The Balaban J connectivity index is 2.02. The molecule has 3 aromatic rings. The molecule has 0 aliphatic carbocycles. The van der Waals surface area contributed by atoms with Gasteiger partial charge in [-0.2, -0.15) is 0 Å². The minimum Gasteiger partial charge on any atom is -0.323 e. The summed E-state index contributed by atoms with van der Waals surface area (Å²) in [4.78, 5) is 37.8. The van der Waals surface area contributed by atoms with E-state index in [0.717, 1.165) is 10.6 Å². The number of hydrogen-bond donors (Lipinski definition) is 1. The molecule has 1 amide bonds. The highest BCUT2D eigenvalue weighted by Gasteiger charge is 2.15. The number of anilines is 1. The predicted molar refractivity (Wildman–Crippen MR) is 103 cm³/mol. The van der Waals surface area contributed by atoms with Crippen LogP contribution < -0.4 is 16.6 Å². The van der Waals surface area contributed by atoms with Crippen molar-refractivity contribution in [3.8, 4) is 0 Å². The molecule has 0 aliphatic heterocycles. The Kier molecular flexibility index (Phi) is 5.41. The van der Waals surface area contributed by atoms with E-state index in [0.29, 0.717) is 17.3 Å². The Hall–Kier alpha value is -2.93. The first-order chi connectivity index (χ1) is 12.9. The molecule has 2 aromatic carbocycles. The van der Waals surface area contributed by atoms with Crippen LogP contribution in [0.25, 0.3) is 10.9 Å². The Bertz CT molecular complexity index is 1140. The molecule has 0 bridgehead atoms. The number of para-hydroxylation sites is 1. The number of hydrogen-bond acceptors (Lipinski definition) is 3. The van der Waals surface area contributed by atoms with E-state index in [1.54, 1.807) is 24.3 Å². The van der Waals surface area contributed by atoms with Crippen LogP contribution in [0, 0.1) is 5.82 Å². The van der Waals surface area contributed by atoms with E-state index in [-0.39, 0.29) is 29.4 Å². The van der Waals surface area contributed by atoms with E-state index in [2.05, 4.69) is 5.32 Å². The van der Waals surface area contributed by atoms with E-state index in [4.69, 9.17) is 11.6 Å². The molecule has 1 aromatic heterocycles. The lowest BCUT2D eigenvalue weighted by Gasteiger charge is -2.14. The van der Waals surface area contributed by atoms with Crippen LogP contribution in [0.3, 0.4) is 0 Å². The van der Waals surface area contributed by atoms with Gasteiger partial charge in [-0.3, -0.25) is 18.7 Å². The molecule has 3 rings (SSSR count). The largest absolute Gasteiger partial charge is 0.331 e. The number of benzene rings is 2. The smallest absolute Gasteiger partial charge is 0.323 e. The van der Waals surface area contributed by atoms with E-state index in [1.165, 1.54) is 16.7 Å². The molecule has 0 aliphatic rings. The molecule has 0 saturated carbocycles. The average molecular weight is 390 g/mol. The SMILES string of the molecule is CCCn1c(=O)c2ccccc2n(CC(=O)Nc2ccc(F)cc2Cl)c1=O. The fourth-order valence-corrected chi connectivity index (χ4v) is 3.08. The van der Waals surface area contributed by atoms with Gasteiger partial charge in [-0.15, -0.1) is 0 Å². The third-order valence-corrected chi connectivity index (χ3v) is 4.40. The van der Waals surface area contributed by atoms with Crippen LogP contribution in [0.5, 0.6) is 0 Å². The zero-order valence-electron chi connectivity index (χ0n) is 14.5. The molecule has 0 spiro atoms. The van der Waals surface area contributed by atoms with Crippen LogP contribution in [-0.2, 0) is 17.9 Å². The van der Waals surface area contributed by atoms with Gasteiger partial charge in [0.2, 0.25) is 5.91 Å². The molecule has 0 radical (unpaired) electrons. The lowest BCUT2D eigenvalue weighted by atomic mass is 10.2. The molecular formula is C19H17ClFN3O3. The standard InChI is InChI=1S/C19H17ClFN3O3/c1-2-9-23-18(26)13-5-3-4-6-16(13)24(19(23)27)11-17(25)22-15-8-7-12(21)10-14(15)20/h3-8,10H,2,9,11H2,1H3,(H,22,25). The maximum absolute atomic E-state index is 13.1. The van der Waals surface area contributed by atoms with Gasteiger partial charge in [0, 0.05) is 6.54 Å². The molecule has 0 unspecified atom stereocenters. The molecule has 0 atom stereocenters. The Morgan fingerprint density at radius 3 is 2.59 bits per heavy atom. The fourth-order valence-electron chi connectivity index (χ4n) is 2.87. The third kappa shape index (κ3) is 3.78. The summed E-state index contributed by atoms with van der Waals surface area (Å²) in [5.74, 6) is -1.04. The highest BCUT2D eigenvalue weighted by atomic mass is 35.5. The number of carbonyl (C=O) groups is 1. The summed E-state index contributed by atoms with van der Waals surface area (Å²) in [5.41, 5.74) is -0.320. The first-order valence-corrected chi connectivity index (χ1v) is 8.77. The van der Waals surface area contributed by atoms with Crippen LogP contribution in [-0.4, -0.2) is 15.0 Å². The number of nitrogens with one attached hydrogen (secondary N) is 1. The molecular weight excluding hydrogens is 373 g/mol. The summed E-state index contributed by atoms with van der Waals surface area (Å²) < 4.78 is 15.5. The predicted octanol–water partition coefficient (Wildman–Crippen LogP) is 3.00. The van der Waals surface area contributed by atoms with Crippen molar-refractivity contribution in [1.82, 2.24) is 9.13 Å². The Morgan fingerprint density at radius 2 is 1.89 bits per heavy atom. The summed E-state index contributed by atoms with van der Waals surface area (Å²) in [5, 5.41) is 2.97. The second-order valence-corrected chi connectivity index (χ2v) is 6.42. The number of fused-ring (bicyclic) bond motifs is 1. The second kappa shape index (κ2) is 7.75.